The molecule has 0 saturated carbocycles. The molecule has 0 unspecified atom stereocenters. The van der Waals surface area contributed by atoms with Crippen molar-refractivity contribution < 1.29 is 8.83 Å². The molecule has 0 amide bonds. The van der Waals surface area contributed by atoms with Crippen molar-refractivity contribution in [3.8, 4) is 20.9 Å². The molecule has 0 radical (unpaired) electrons. The van der Waals surface area contributed by atoms with Crippen LogP contribution in [0.1, 0.15) is 59.3 Å². The Bertz CT molecular complexity index is 3730. The maximum atomic E-state index is 6.56. The number of unbranched alkanes of at least 4 members (excludes halogenated alkanes) is 3. The van der Waals surface area contributed by atoms with Crippen LogP contribution in [0.4, 0.5) is 0 Å². The Balaban J connectivity index is 0.000000122. The number of benzene rings is 8. The molecule has 13 rings (SSSR count). The molecule has 0 saturated heterocycles. The Morgan fingerprint density at radius 1 is 0.375 bits per heavy atom. The molecule has 0 aliphatic heterocycles. The van der Waals surface area contributed by atoms with E-state index < -0.39 is 18.4 Å². The first kappa shape index (κ1) is 49.5. The fraction of sp³-hybridized carbons (Fsp3) is 0.188. The van der Waals surface area contributed by atoms with Crippen LogP contribution in [0.2, 0.25) is 13.3 Å². The van der Waals surface area contributed by atoms with Crippen molar-refractivity contribution in [3.05, 3.63) is 183 Å². The van der Waals surface area contributed by atoms with Gasteiger partial charge in [0.15, 0.2) is 0 Å². The van der Waals surface area contributed by atoms with Gasteiger partial charge in [0, 0.05) is 51.4 Å². The molecule has 360 valence electrons. The SMILES string of the molecule is Brc1cc2oc3cc(Br)c4ccccc4c3c2c2ccccc12.CCC[CH2][Sn]([CH2]CCC)([CH2]CCC)[c]1cccs1.c1csc(-c2cc3oc4cc(-c5cccs5)c5ccccc5c4c3c3ccccc23)c1. The quantitative estimate of drug-likeness (QED) is 0.114. The number of furan rings is 2. The predicted octanol–water partition coefficient (Wildman–Crippen LogP) is 22.6. The van der Waals surface area contributed by atoms with Crippen molar-refractivity contribution >= 4 is 174 Å². The van der Waals surface area contributed by atoms with Crippen LogP contribution in [-0.2, 0) is 0 Å². The fourth-order valence-corrected chi connectivity index (χ4v) is 33.5. The smallest absolute Gasteiger partial charge is 0.136 e. The maximum Gasteiger partial charge on any atom is 0.136 e. The van der Waals surface area contributed by atoms with Gasteiger partial charge in [0.05, 0.1) is 0 Å². The van der Waals surface area contributed by atoms with Gasteiger partial charge in [-0.1, -0.05) is 141 Å². The molecular formula is C64H56Br2O2S3Sn. The van der Waals surface area contributed by atoms with E-state index in [-0.39, 0.29) is 0 Å². The van der Waals surface area contributed by atoms with E-state index in [0.717, 1.165) is 31.3 Å². The number of halogens is 2. The third kappa shape index (κ3) is 9.41. The molecule has 5 heterocycles. The van der Waals surface area contributed by atoms with Gasteiger partial charge in [-0.15, -0.1) is 22.7 Å². The number of rotatable bonds is 12. The number of hydrogen-bond acceptors (Lipinski definition) is 5. The van der Waals surface area contributed by atoms with Gasteiger partial charge in [-0.25, -0.2) is 0 Å². The molecule has 8 aromatic carbocycles. The molecule has 0 N–H and O–H groups in total. The van der Waals surface area contributed by atoms with Crippen LogP contribution in [-0.4, -0.2) is 18.4 Å². The summed E-state index contributed by atoms with van der Waals surface area (Å²) in [5, 5.41) is 21.2. The predicted molar refractivity (Wildman–Crippen MR) is 328 cm³/mol. The molecule has 0 bridgehead atoms. The van der Waals surface area contributed by atoms with Crippen LogP contribution in [0.5, 0.6) is 0 Å². The molecular weight excluding hydrogens is 1180 g/mol. The van der Waals surface area contributed by atoms with E-state index in [9.17, 15) is 0 Å². The summed E-state index contributed by atoms with van der Waals surface area (Å²) >= 11 is 10.9. The Morgan fingerprint density at radius 2 is 0.708 bits per heavy atom. The molecule has 0 aliphatic carbocycles. The molecule has 5 aromatic heterocycles. The van der Waals surface area contributed by atoms with Crippen molar-refractivity contribution in [2.24, 2.45) is 0 Å². The zero-order valence-corrected chi connectivity index (χ0v) is 49.4. The zero-order valence-electron chi connectivity index (χ0n) is 40.9. The zero-order chi connectivity index (χ0) is 49.2. The monoisotopic (exact) mass is 1230 g/mol. The second kappa shape index (κ2) is 22.0. The van der Waals surface area contributed by atoms with Crippen LogP contribution >= 0.6 is 65.9 Å². The molecule has 0 spiro atoms. The second-order valence-corrected chi connectivity index (χ2v) is 37.7. The molecule has 72 heavy (non-hydrogen) atoms. The first-order valence-corrected chi connectivity index (χ1v) is 37.1. The van der Waals surface area contributed by atoms with Gasteiger partial charge in [0.1, 0.15) is 22.3 Å². The fourth-order valence-electron chi connectivity index (χ4n) is 11.0. The van der Waals surface area contributed by atoms with Gasteiger partial charge >= 0.3 is 123 Å². The Hall–Kier alpha value is -4.74. The largest absolute Gasteiger partial charge is 0.456 e. The van der Waals surface area contributed by atoms with Gasteiger partial charge < -0.3 is 8.83 Å². The van der Waals surface area contributed by atoms with E-state index in [4.69, 9.17) is 8.83 Å². The summed E-state index contributed by atoms with van der Waals surface area (Å²) < 4.78 is 21.5. The van der Waals surface area contributed by atoms with E-state index in [0.29, 0.717) is 0 Å². The number of hydrogen-bond donors (Lipinski definition) is 0. The number of thiophene rings is 3. The summed E-state index contributed by atoms with van der Waals surface area (Å²) in [6, 6.07) is 56.2. The van der Waals surface area contributed by atoms with Crippen molar-refractivity contribution in [2.75, 3.05) is 0 Å². The van der Waals surface area contributed by atoms with Gasteiger partial charge in [-0.05, 0) is 90.2 Å². The van der Waals surface area contributed by atoms with Gasteiger partial charge in [0.25, 0.3) is 0 Å². The minimum atomic E-state index is -2.01. The Kier molecular flexibility index (Phi) is 15.1. The standard InChI is InChI=1S/C28H16OS2.C20H10Br2O.C4H3S.3C4H9.Sn/c1-3-9-19-17(7-1)21(25-11-5-13-30-25)15-23-27(19)28-20-10-4-2-8-18(20)22(16-24(28)29-23)26-12-6-14-31-26;21-15-9-17-19(13-7-3-1-5-11(13)15)20-14-8-4-2-6-12(14)16(22)10-18(20)23-17;1-2-4-5-3-1;3*1-3-4-2;/h1-16H;1-10H;1-3H;3*1,3-4H2,2H3;. The van der Waals surface area contributed by atoms with E-state index in [2.05, 4.69) is 238 Å². The van der Waals surface area contributed by atoms with E-state index >= 15 is 0 Å². The maximum absolute atomic E-state index is 6.56. The Labute approximate surface area is 454 Å². The van der Waals surface area contributed by atoms with Gasteiger partial charge in [0.2, 0.25) is 0 Å². The molecule has 0 fully saturated rings. The van der Waals surface area contributed by atoms with Crippen molar-refractivity contribution in [3.63, 3.8) is 0 Å². The average molecular weight is 1230 g/mol. The van der Waals surface area contributed by atoms with Crippen LogP contribution in [0.25, 0.3) is 108 Å². The molecule has 13 aromatic rings. The molecule has 0 aliphatic rings. The van der Waals surface area contributed by atoms with Crippen molar-refractivity contribution in [2.45, 2.75) is 72.6 Å². The van der Waals surface area contributed by atoms with Crippen molar-refractivity contribution in [1.29, 1.82) is 0 Å². The summed E-state index contributed by atoms with van der Waals surface area (Å²) in [5.74, 6) is 0. The summed E-state index contributed by atoms with van der Waals surface area (Å²) in [5.41, 5.74) is 6.19. The second-order valence-electron chi connectivity index (χ2n) is 19.0. The minimum Gasteiger partial charge on any atom is -0.456 e. The van der Waals surface area contributed by atoms with E-state index in [1.165, 1.54) is 124 Å². The van der Waals surface area contributed by atoms with Gasteiger partial charge in [-0.2, -0.15) is 0 Å². The molecule has 8 heteroatoms. The molecule has 2 nitrogen and oxygen atoms in total. The first-order valence-electron chi connectivity index (χ1n) is 25.4. The first-order chi connectivity index (χ1) is 35.4. The van der Waals surface area contributed by atoms with Crippen LogP contribution in [0.15, 0.2) is 192 Å². The minimum absolute atomic E-state index is 0.911. The van der Waals surface area contributed by atoms with Gasteiger partial charge in [-0.3, -0.25) is 0 Å². The third-order valence-corrected chi connectivity index (χ3v) is 36.9. The van der Waals surface area contributed by atoms with E-state index in [1.807, 2.05) is 2.89 Å². The summed E-state index contributed by atoms with van der Waals surface area (Å²) in [7, 11) is 0. The normalized spacial score (nSPS) is 11.9. The van der Waals surface area contributed by atoms with Crippen LogP contribution in [0.3, 0.4) is 0 Å². The summed E-state index contributed by atoms with van der Waals surface area (Å²) in [4.78, 5) is 2.53. The summed E-state index contributed by atoms with van der Waals surface area (Å²) in [6.07, 6.45) is 8.55. The summed E-state index contributed by atoms with van der Waals surface area (Å²) in [6.45, 7) is 7.06. The van der Waals surface area contributed by atoms with Crippen LogP contribution in [0, 0.1) is 0 Å². The Morgan fingerprint density at radius 3 is 1.06 bits per heavy atom. The van der Waals surface area contributed by atoms with Crippen molar-refractivity contribution in [1.82, 2.24) is 0 Å². The number of fused-ring (bicyclic) bond motifs is 14. The molecule has 0 atom stereocenters. The van der Waals surface area contributed by atoms with E-state index in [1.54, 1.807) is 36.0 Å². The topological polar surface area (TPSA) is 26.3 Å². The third-order valence-electron chi connectivity index (χ3n) is 14.5. The van der Waals surface area contributed by atoms with Crippen LogP contribution < -0.4 is 2.89 Å². The average Bonchev–Trinajstić information content (AvgIpc) is 4.30.